The Kier molecular flexibility index (Phi) is 31.9. The Bertz CT molecular complexity index is 7490. The van der Waals surface area contributed by atoms with Crippen LogP contribution in [0.5, 0.6) is 23.0 Å². The number of esters is 4. The van der Waals surface area contributed by atoms with Gasteiger partial charge in [0.1, 0.15) is 58.4 Å². The molecule has 145 heavy (non-hydrogen) atoms. The molecular weight excluding hydrogens is 2130 g/mol. The van der Waals surface area contributed by atoms with Gasteiger partial charge in [-0.2, -0.15) is 52.7 Å². The number of carbonyl (C=O) groups excluding carboxylic acids is 6. The highest BCUT2D eigenvalue weighted by atomic mass is 79.9. The number of aromatic hydroxyl groups is 4. The minimum atomic E-state index is -4.55. The number of halogens is 15. The first-order valence-corrected chi connectivity index (χ1v) is 46.0. The highest BCUT2D eigenvalue weighted by molar-refractivity contribution is 9.11. The molecule has 0 saturated carbocycles. The fourth-order valence-corrected chi connectivity index (χ4v) is 18.2. The summed E-state index contributed by atoms with van der Waals surface area (Å²) >= 11 is 10.1. The molecule has 0 fully saturated rings. The molecule has 766 valence electrons. The van der Waals surface area contributed by atoms with Crippen LogP contribution >= 0.6 is 47.8 Å². The molecule has 4 aromatic heterocycles. The molecule has 4 unspecified atom stereocenters. The Morgan fingerprint density at radius 2 is 0.717 bits per heavy atom. The number of rotatable bonds is 15. The van der Waals surface area contributed by atoms with Crippen LogP contribution in [0.15, 0.2) is 178 Å². The number of nitrogens with one attached hydrogen (secondary N) is 3. The van der Waals surface area contributed by atoms with Gasteiger partial charge in [0.2, 0.25) is 0 Å². The Morgan fingerprint density at radius 3 is 1.03 bits per heavy atom. The van der Waals surface area contributed by atoms with Crippen LogP contribution in [0.1, 0.15) is 165 Å². The van der Waals surface area contributed by atoms with Crippen LogP contribution in [-0.2, 0) is 58.0 Å². The van der Waals surface area contributed by atoms with E-state index in [-0.39, 0.29) is 84.7 Å². The smallest absolute Gasteiger partial charge is 0.416 e. The predicted octanol–water partition coefficient (Wildman–Crippen LogP) is 17.4. The number of anilines is 4. The third-order valence-corrected chi connectivity index (χ3v) is 24.4. The van der Waals surface area contributed by atoms with Crippen LogP contribution in [0.2, 0.25) is 0 Å². The van der Waals surface area contributed by atoms with Crippen molar-refractivity contribution in [3.8, 4) is 23.0 Å². The van der Waals surface area contributed by atoms with Gasteiger partial charge in [-0.3, -0.25) is 61.4 Å². The second kappa shape index (κ2) is 42.3. The Labute approximate surface area is 839 Å². The average Bonchev–Trinajstić information content (AvgIpc) is 0.731. The van der Waals surface area contributed by atoms with E-state index in [4.69, 9.17) is 36.4 Å². The number of hydrogen-bond acceptors (Lipinski definition) is 24. The number of nitrogens with two attached hydrogens (primary N) is 1. The van der Waals surface area contributed by atoms with E-state index in [0.29, 0.717) is 75.0 Å². The first kappa shape index (κ1) is 109. The first-order valence-electron chi connectivity index (χ1n) is 43.6. The lowest BCUT2D eigenvalue weighted by atomic mass is 9.97. The Hall–Kier alpha value is -14.7. The summed E-state index contributed by atoms with van der Waals surface area (Å²) in [6.45, 7) is 20.3. The summed E-state index contributed by atoms with van der Waals surface area (Å²) in [5.41, 5.74) is -0.0581. The summed E-state index contributed by atoms with van der Waals surface area (Å²) in [6, 6.07) is 27.4. The monoisotopic (exact) mass is 2220 g/mol. The van der Waals surface area contributed by atoms with Gasteiger partial charge in [-0.1, -0.05) is 96.3 Å². The fourth-order valence-electron chi connectivity index (χ4n) is 16.9. The van der Waals surface area contributed by atoms with E-state index >= 15 is 0 Å². The van der Waals surface area contributed by atoms with Crippen molar-refractivity contribution in [2.45, 2.75) is 115 Å². The molecule has 2 amide bonds. The van der Waals surface area contributed by atoms with Gasteiger partial charge < -0.3 is 80.9 Å². The maximum Gasteiger partial charge on any atom is 0.416 e. The fraction of sp³-hybridized carbons (Fsp3) is 0.306. The summed E-state index contributed by atoms with van der Waals surface area (Å²) in [4.78, 5) is 147. The Balaban J connectivity index is 0.000000167. The number of carboxylic acids is 1. The van der Waals surface area contributed by atoms with Gasteiger partial charge in [-0.25, -0.2) is 14.4 Å². The quantitative estimate of drug-likeness (QED) is 0.0199. The predicted molar refractivity (Wildman–Crippen MR) is 520 cm³/mol. The molecule has 0 saturated heterocycles. The molecule has 4 aliphatic rings. The normalized spacial score (nSPS) is 15.2. The van der Waals surface area contributed by atoms with E-state index in [2.05, 4.69) is 63.3 Å². The molecule has 12 aromatic rings. The van der Waals surface area contributed by atoms with E-state index in [9.17, 15) is 126 Å². The van der Waals surface area contributed by atoms with Gasteiger partial charge in [-0.05, 0) is 175 Å². The molecule has 8 heterocycles. The van der Waals surface area contributed by atoms with Crippen LogP contribution in [0, 0.1) is 6.57 Å². The summed E-state index contributed by atoms with van der Waals surface area (Å²) in [6.07, 6.45) is -18.0. The molecule has 4 aliphatic heterocycles. The highest BCUT2D eigenvalue weighted by Crippen LogP contribution is 2.49. The SMILES string of the molecule is CC(C)(C)OC(=O)CN.CCOC(=O)c1c(O)c2cc(Br)cc3c2n(c1=O)C(c1ccc(C(F)(F)F)cc1)CN3.CCOC(=O)c1c(O)c2cc(Br)cc3c2n(c1=O)C(c1ccc(C(F)(F)F)cc1)CN3C.CN1CC(c2ccc(C(F)(F)F)cc2)n2c(=O)c(C(=O)NCC(=O)OC(C)(C)C)c(O)c3cc(Br)cc1c32.[C-]#[N+]c1cc2c3c(c1)c(O)c(C(=O)NCC(=O)O)c(=O)n3C(c1ccc(C(F)(F)F)cc1)CN2C. The highest BCUT2D eigenvalue weighted by Gasteiger charge is 2.42. The summed E-state index contributed by atoms with van der Waals surface area (Å²) in [7, 11) is 5.20. The van der Waals surface area contributed by atoms with Crippen molar-refractivity contribution < 1.29 is 131 Å². The van der Waals surface area contributed by atoms with E-state index in [0.717, 1.165) is 48.5 Å². The van der Waals surface area contributed by atoms with Gasteiger partial charge >= 0.3 is 54.6 Å². The third kappa shape index (κ3) is 23.3. The van der Waals surface area contributed by atoms with E-state index < -0.39 is 199 Å². The largest absolute Gasteiger partial charge is 0.506 e. The second-order valence-corrected chi connectivity index (χ2v) is 37.9. The van der Waals surface area contributed by atoms with Crippen molar-refractivity contribution in [2.24, 2.45) is 5.73 Å². The zero-order valence-corrected chi connectivity index (χ0v) is 83.0. The molecule has 47 heteroatoms. The second-order valence-electron chi connectivity index (χ2n) is 35.2. The minimum absolute atomic E-state index is 0.00274. The number of amides is 2. The van der Waals surface area contributed by atoms with E-state index in [1.807, 2.05) is 15.1 Å². The van der Waals surface area contributed by atoms with Crippen LogP contribution in [0.3, 0.4) is 0 Å². The van der Waals surface area contributed by atoms with Crippen molar-refractivity contribution in [1.29, 1.82) is 0 Å². The zero-order valence-electron chi connectivity index (χ0n) is 78.2. The van der Waals surface area contributed by atoms with Crippen molar-refractivity contribution >= 4 is 161 Å². The number of alkyl halides is 12. The number of carbonyl (C=O) groups is 7. The molecule has 16 rings (SSSR count). The van der Waals surface area contributed by atoms with Gasteiger partial charge in [0, 0.05) is 82.3 Å². The number of ether oxygens (including phenoxy) is 4. The molecule has 10 N–H and O–H groups in total. The van der Waals surface area contributed by atoms with E-state index in [1.165, 1.54) is 85.0 Å². The van der Waals surface area contributed by atoms with Crippen LogP contribution in [-0.4, -0.2) is 177 Å². The molecular formula is C98H89Br3F12N12O20. The standard InChI is InChI=1S/C26H25BrF3N3O5.C23H17F3N4O5.C22H18BrF3N2O4.C21H16BrF3N2O4.C6H13NO2/c1-25(2,3)38-19(34)11-31-23(36)20-22(35)16-9-15(27)10-17-21(16)33(24(20)37)18(12-32(17)4)13-5-7-14(8-6-13)26(28,29)30;1-27-13-7-14-19-15(8-13)29(2)10-16(11-3-5-12(6-4-11)23(24,25)26)30(19)22(35)18(20(14)33)21(34)28-9-17(31)32;1-3-32-21(31)17-19(29)14-8-13(23)9-15-18(14)28(20(17)30)16(10-27(15)2)11-4-6-12(7-5-11)22(24,25)26;1-2-31-20(30)16-18(28)13-7-12(22)8-14-17(13)27(19(16)29)15(9-26-14)10-3-5-11(6-4-10)21(23,24)25;1-6(2,3)9-5(8)4-7/h5-10,18,35H,11-12H2,1-4H3,(H,31,36);3-8,16,33H,9-10H2,2H3,(H,28,34)(H,31,32);4-9,16,29H,3,10H2,1-2H3;3-8,15,26,28H,2,9H2,1H3;4,7H2,1-3H3. The molecule has 8 aromatic carbocycles. The average molecular weight is 2220 g/mol. The number of nitrogens with zero attached hydrogens (tertiary/aromatic N) is 8. The minimum Gasteiger partial charge on any atom is -0.506 e. The maximum atomic E-state index is 13.8. The van der Waals surface area contributed by atoms with Crippen molar-refractivity contribution in [1.82, 2.24) is 28.9 Å². The van der Waals surface area contributed by atoms with Crippen LogP contribution in [0.25, 0.3) is 48.5 Å². The number of aromatic nitrogens is 4. The molecule has 0 bridgehead atoms. The first-order chi connectivity index (χ1) is 67.6. The summed E-state index contributed by atoms with van der Waals surface area (Å²) in [5, 5.41) is 60.5. The van der Waals surface area contributed by atoms with E-state index in [1.54, 1.807) is 112 Å². The summed E-state index contributed by atoms with van der Waals surface area (Å²) in [5.74, 6) is -8.84. The molecule has 32 nitrogen and oxygen atoms in total. The van der Waals surface area contributed by atoms with Gasteiger partial charge in [0.15, 0.2) is 16.8 Å². The summed E-state index contributed by atoms with van der Waals surface area (Å²) < 4.78 is 183. The topological polar surface area (TPSA) is 422 Å². The molecule has 4 atom stereocenters. The number of likely N-dealkylation sites (N-methyl/N-ethyl adjacent to an activating group) is 3. The lowest BCUT2D eigenvalue weighted by molar-refractivity contribution is -0.154. The lowest BCUT2D eigenvalue weighted by Crippen LogP contribution is -2.42. The maximum absolute atomic E-state index is 13.8. The van der Waals surface area contributed by atoms with Gasteiger partial charge in [0.25, 0.3) is 34.1 Å². The van der Waals surface area contributed by atoms with Crippen LogP contribution < -0.4 is 58.6 Å². The lowest BCUT2D eigenvalue weighted by Gasteiger charge is -2.36. The number of aliphatic carboxylic acids is 1. The number of benzene rings is 8. The molecule has 0 spiro atoms. The Morgan fingerprint density at radius 1 is 0.428 bits per heavy atom. The zero-order chi connectivity index (χ0) is 107. The number of hydrogen-bond donors (Lipinski definition) is 9. The van der Waals surface area contributed by atoms with Crippen LogP contribution in [0.4, 0.5) is 81.1 Å². The molecule has 0 aliphatic carbocycles. The van der Waals surface area contributed by atoms with Crippen molar-refractivity contribution in [3.63, 3.8) is 0 Å². The molecule has 0 radical (unpaired) electrons. The third-order valence-electron chi connectivity index (χ3n) is 23.1. The van der Waals surface area contributed by atoms with Gasteiger partial charge in [-0.15, -0.1) is 0 Å². The number of carboxylic acid groups (broad SMARTS) is 1. The van der Waals surface area contributed by atoms with Gasteiger partial charge in [0.05, 0.1) is 118 Å². The van der Waals surface area contributed by atoms with Crippen molar-refractivity contribution in [2.75, 3.05) is 100 Å². The number of pyridine rings is 4. The van der Waals surface area contributed by atoms with Crippen molar-refractivity contribution in [3.05, 3.63) is 279 Å².